The van der Waals surface area contributed by atoms with Crippen molar-refractivity contribution in [2.24, 2.45) is 11.1 Å². The minimum atomic E-state index is 0.396. The van der Waals surface area contributed by atoms with Crippen LogP contribution in [0.5, 0.6) is 0 Å². The number of hydrogen-bond donors (Lipinski definition) is 1. The van der Waals surface area contributed by atoms with Crippen LogP contribution >= 0.6 is 0 Å². The Hall–Kier alpha value is -0.0400. The third kappa shape index (κ3) is 2.82. The molecule has 0 aromatic heterocycles. The maximum atomic E-state index is 5.73. The predicted octanol–water partition coefficient (Wildman–Crippen LogP) is 2.69. The van der Waals surface area contributed by atoms with E-state index in [-0.39, 0.29) is 0 Å². The van der Waals surface area contributed by atoms with Crippen molar-refractivity contribution in [3.8, 4) is 0 Å². The van der Waals surface area contributed by atoms with Gasteiger partial charge in [-0.25, -0.2) is 0 Å². The summed E-state index contributed by atoms with van der Waals surface area (Å²) < 4.78 is 0. The van der Waals surface area contributed by atoms with Crippen molar-refractivity contribution < 1.29 is 0 Å². The smallest absolute Gasteiger partial charge is 0.00106 e. The first kappa shape index (κ1) is 9.05. The van der Waals surface area contributed by atoms with Gasteiger partial charge < -0.3 is 5.73 Å². The Balaban J connectivity index is 2.23. The van der Waals surface area contributed by atoms with Crippen LogP contribution in [0.3, 0.4) is 0 Å². The molecular formula is C10H21N. The zero-order valence-corrected chi connectivity index (χ0v) is 7.90. The summed E-state index contributed by atoms with van der Waals surface area (Å²) in [5, 5.41) is 0. The summed E-state index contributed by atoms with van der Waals surface area (Å²) in [5.41, 5.74) is 6.38. The number of nitrogens with two attached hydrogens (primary N) is 1. The van der Waals surface area contributed by atoms with Gasteiger partial charge in [0.25, 0.3) is 0 Å². The number of hydrogen-bond acceptors (Lipinski definition) is 1. The molecule has 11 heavy (non-hydrogen) atoms. The Kier molecular flexibility index (Phi) is 2.94. The van der Waals surface area contributed by atoms with Crippen LogP contribution in [-0.2, 0) is 0 Å². The Labute approximate surface area is 70.4 Å². The molecule has 2 N–H and O–H groups in total. The molecule has 66 valence electrons. The summed E-state index contributed by atoms with van der Waals surface area (Å²) in [4.78, 5) is 0. The zero-order valence-electron chi connectivity index (χ0n) is 7.90. The first-order valence-corrected chi connectivity index (χ1v) is 4.88. The highest BCUT2D eigenvalue weighted by atomic mass is 14.6. The molecule has 0 aromatic rings. The molecular weight excluding hydrogens is 134 g/mol. The molecule has 0 heterocycles. The Morgan fingerprint density at radius 1 is 1.36 bits per heavy atom. The highest BCUT2D eigenvalue weighted by molar-refractivity contribution is 4.80. The normalized spacial score (nSPS) is 25.4. The molecule has 0 amide bonds. The zero-order chi connectivity index (χ0) is 8.32. The molecule has 1 fully saturated rings. The fraction of sp³-hybridized carbons (Fsp3) is 1.00. The maximum Gasteiger partial charge on any atom is 0.00106 e. The van der Waals surface area contributed by atoms with Crippen LogP contribution in [0.2, 0.25) is 0 Å². The summed E-state index contributed by atoms with van der Waals surface area (Å²) in [7, 11) is 0. The molecule has 1 heteroatoms. The molecule has 1 atom stereocenters. The van der Waals surface area contributed by atoms with Gasteiger partial charge in [0.15, 0.2) is 0 Å². The summed E-state index contributed by atoms with van der Waals surface area (Å²) in [5.74, 6) is 0. The molecule has 0 spiro atoms. The molecule has 0 bridgehead atoms. The van der Waals surface area contributed by atoms with Crippen LogP contribution in [-0.4, -0.2) is 6.04 Å². The van der Waals surface area contributed by atoms with Gasteiger partial charge in [-0.15, -0.1) is 0 Å². The van der Waals surface area contributed by atoms with Crippen LogP contribution in [0.1, 0.15) is 52.4 Å². The topological polar surface area (TPSA) is 26.0 Å². The van der Waals surface area contributed by atoms with Crippen LogP contribution in [0.25, 0.3) is 0 Å². The molecule has 0 radical (unpaired) electrons. The molecule has 1 unspecified atom stereocenters. The average molecular weight is 155 g/mol. The Morgan fingerprint density at radius 2 is 1.91 bits per heavy atom. The molecule has 1 aliphatic carbocycles. The standard InChI is InChI=1S/C10H21N/c1-9(11)5-8-10(2)6-3-4-7-10/h9H,3-8,11H2,1-2H3. The lowest BCUT2D eigenvalue weighted by Gasteiger charge is -2.23. The van der Waals surface area contributed by atoms with Gasteiger partial charge in [-0.05, 0) is 38.0 Å². The van der Waals surface area contributed by atoms with Crippen LogP contribution in [0, 0.1) is 5.41 Å². The van der Waals surface area contributed by atoms with E-state index in [2.05, 4.69) is 13.8 Å². The van der Waals surface area contributed by atoms with E-state index in [1.165, 1.54) is 38.5 Å². The van der Waals surface area contributed by atoms with Crippen molar-refractivity contribution in [3.05, 3.63) is 0 Å². The van der Waals surface area contributed by atoms with Crippen LogP contribution < -0.4 is 5.73 Å². The summed E-state index contributed by atoms with van der Waals surface area (Å²) >= 11 is 0. The van der Waals surface area contributed by atoms with Gasteiger partial charge >= 0.3 is 0 Å². The molecule has 1 saturated carbocycles. The van der Waals surface area contributed by atoms with Gasteiger partial charge in [0.1, 0.15) is 0 Å². The lowest BCUT2D eigenvalue weighted by Crippen LogP contribution is -2.19. The van der Waals surface area contributed by atoms with Gasteiger partial charge in [0.2, 0.25) is 0 Å². The van der Waals surface area contributed by atoms with Crippen molar-refractivity contribution in [3.63, 3.8) is 0 Å². The van der Waals surface area contributed by atoms with E-state index in [4.69, 9.17) is 5.73 Å². The van der Waals surface area contributed by atoms with E-state index in [0.717, 1.165) is 0 Å². The minimum absolute atomic E-state index is 0.396. The van der Waals surface area contributed by atoms with Gasteiger partial charge in [-0.2, -0.15) is 0 Å². The lowest BCUT2D eigenvalue weighted by molar-refractivity contribution is 0.291. The highest BCUT2D eigenvalue weighted by Crippen LogP contribution is 2.41. The highest BCUT2D eigenvalue weighted by Gasteiger charge is 2.27. The monoisotopic (exact) mass is 155 g/mol. The predicted molar refractivity (Wildman–Crippen MR) is 49.5 cm³/mol. The third-order valence-electron chi connectivity index (χ3n) is 3.01. The fourth-order valence-electron chi connectivity index (χ4n) is 2.05. The van der Waals surface area contributed by atoms with Gasteiger partial charge in [-0.1, -0.05) is 19.8 Å². The Morgan fingerprint density at radius 3 is 2.36 bits per heavy atom. The molecule has 0 aliphatic heterocycles. The SMILES string of the molecule is CC(N)CCC1(C)CCCC1. The Bertz CT molecular complexity index is 112. The van der Waals surface area contributed by atoms with Crippen LogP contribution in [0.4, 0.5) is 0 Å². The lowest BCUT2D eigenvalue weighted by atomic mass is 9.83. The van der Waals surface area contributed by atoms with Gasteiger partial charge in [0.05, 0.1) is 0 Å². The van der Waals surface area contributed by atoms with E-state index in [0.29, 0.717) is 11.5 Å². The summed E-state index contributed by atoms with van der Waals surface area (Å²) in [6.07, 6.45) is 8.28. The van der Waals surface area contributed by atoms with E-state index in [1.807, 2.05) is 0 Å². The van der Waals surface area contributed by atoms with E-state index in [1.54, 1.807) is 0 Å². The maximum absolute atomic E-state index is 5.73. The van der Waals surface area contributed by atoms with Gasteiger partial charge in [0, 0.05) is 6.04 Å². The molecule has 1 nitrogen and oxygen atoms in total. The third-order valence-corrected chi connectivity index (χ3v) is 3.01. The van der Waals surface area contributed by atoms with Crippen molar-refractivity contribution >= 4 is 0 Å². The second-order valence-corrected chi connectivity index (χ2v) is 4.53. The second-order valence-electron chi connectivity index (χ2n) is 4.53. The van der Waals surface area contributed by atoms with E-state index < -0.39 is 0 Å². The van der Waals surface area contributed by atoms with Crippen molar-refractivity contribution in [1.29, 1.82) is 0 Å². The molecule has 0 saturated heterocycles. The first-order chi connectivity index (χ1) is 5.12. The fourth-order valence-corrected chi connectivity index (χ4v) is 2.05. The average Bonchev–Trinajstić information content (AvgIpc) is 2.33. The molecule has 0 aromatic carbocycles. The van der Waals surface area contributed by atoms with Gasteiger partial charge in [-0.3, -0.25) is 0 Å². The van der Waals surface area contributed by atoms with E-state index >= 15 is 0 Å². The minimum Gasteiger partial charge on any atom is -0.328 e. The van der Waals surface area contributed by atoms with Crippen LogP contribution in [0.15, 0.2) is 0 Å². The summed E-state index contributed by atoms with van der Waals surface area (Å²) in [6.45, 7) is 4.53. The van der Waals surface area contributed by atoms with Crippen molar-refractivity contribution in [2.75, 3.05) is 0 Å². The number of rotatable bonds is 3. The first-order valence-electron chi connectivity index (χ1n) is 4.88. The van der Waals surface area contributed by atoms with E-state index in [9.17, 15) is 0 Å². The van der Waals surface area contributed by atoms with Crippen molar-refractivity contribution in [1.82, 2.24) is 0 Å². The second kappa shape index (κ2) is 3.57. The molecule has 1 aliphatic rings. The summed E-state index contributed by atoms with van der Waals surface area (Å²) in [6, 6.07) is 0.396. The quantitative estimate of drug-likeness (QED) is 0.666. The van der Waals surface area contributed by atoms with Crippen molar-refractivity contribution in [2.45, 2.75) is 58.4 Å². The largest absolute Gasteiger partial charge is 0.328 e. The molecule has 1 rings (SSSR count).